The van der Waals surface area contributed by atoms with Gasteiger partial charge in [0.2, 0.25) is 17.7 Å². The minimum atomic E-state index is -0.931. The summed E-state index contributed by atoms with van der Waals surface area (Å²) in [7, 11) is 0. The van der Waals surface area contributed by atoms with Crippen molar-refractivity contribution >= 4 is 29.1 Å². The van der Waals surface area contributed by atoms with Crippen LogP contribution in [0, 0.1) is 12.3 Å². The van der Waals surface area contributed by atoms with E-state index in [-0.39, 0.29) is 38.6 Å². The standard InChI is InChI=1S/C35H53N5O8S/c1-24-31(49-23-38-24)26-7-5-25(6-8-26)20-37-33(43)29-19-27(41)21-40(29)34(44)32(35(2,3)4)39-30(42)22-47-16-15-45-13-14-46-17-18-48-28-9-11-36-12-10-28/h5-8,23,27-29,32,36,41H,9-22H2,1-4H3,(H,37,43)(H,39,42)/t27-,29+,32-/m1/s1. The highest BCUT2D eigenvalue weighted by Gasteiger charge is 2.44. The van der Waals surface area contributed by atoms with Crippen molar-refractivity contribution < 1.29 is 38.4 Å². The van der Waals surface area contributed by atoms with Crippen molar-refractivity contribution in [3.8, 4) is 10.4 Å². The molecule has 2 aliphatic rings. The van der Waals surface area contributed by atoms with Crippen LogP contribution in [0.3, 0.4) is 0 Å². The second-order valence-electron chi connectivity index (χ2n) is 13.5. The van der Waals surface area contributed by atoms with Crippen LogP contribution in [0.1, 0.15) is 51.3 Å². The Morgan fingerprint density at radius 2 is 1.67 bits per heavy atom. The molecule has 49 heavy (non-hydrogen) atoms. The van der Waals surface area contributed by atoms with E-state index in [4.69, 9.17) is 18.9 Å². The number of piperidine rings is 1. The first kappa shape index (κ1) is 38.8. The molecule has 1 aromatic carbocycles. The number of hydrogen-bond acceptors (Lipinski definition) is 11. The average molecular weight is 704 g/mol. The molecule has 2 aliphatic heterocycles. The first-order chi connectivity index (χ1) is 23.5. The fraction of sp³-hybridized carbons (Fsp3) is 0.657. The predicted molar refractivity (Wildman–Crippen MR) is 186 cm³/mol. The molecule has 0 spiro atoms. The molecule has 3 atom stereocenters. The number of nitrogens with one attached hydrogen (secondary N) is 3. The lowest BCUT2D eigenvalue weighted by atomic mass is 9.85. The molecule has 4 rings (SSSR count). The van der Waals surface area contributed by atoms with Gasteiger partial charge in [-0.15, -0.1) is 11.3 Å². The Balaban J connectivity index is 1.16. The Kier molecular flexibility index (Phi) is 15.4. The van der Waals surface area contributed by atoms with E-state index in [1.54, 1.807) is 11.3 Å². The molecule has 1 aromatic heterocycles. The zero-order chi connectivity index (χ0) is 35.2. The van der Waals surface area contributed by atoms with Crippen LogP contribution in [0.15, 0.2) is 29.8 Å². The maximum atomic E-state index is 13.8. The van der Waals surface area contributed by atoms with Crippen molar-refractivity contribution in [2.75, 3.05) is 65.9 Å². The van der Waals surface area contributed by atoms with Crippen molar-refractivity contribution in [1.82, 2.24) is 25.8 Å². The average Bonchev–Trinajstić information content (AvgIpc) is 3.70. The molecule has 3 amide bonds. The van der Waals surface area contributed by atoms with Crippen LogP contribution in [-0.2, 0) is 39.9 Å². The number of aryl methyl sites for hydroxylation is 1. The number of hydrogen-bond donors (Lipinski definition) is 4. The number of carbonyl (C=O) groups excluding carboxylic acids is 3. The molecule has 0 bridgehead atoms. The van der Waals surface area contributed by atoms with Crippen LogP contribution in [0.25, 0.3) is 10.4 Å². The minimum absolute atomic E-state index is 0.00504. The molecule has 0 radical (unpaired) electrons. The SMILES string of the molecule is Cc1ncsc1-c1ccc(CNC(=O)[C@@H]2C[C@@H](O)CN2C(=O)[C@@H](NC(=O)COCCOCCOCCOC2CCNCC2)C(C)(C)C)cc1. The lowest BCUT2D eigenvalue weighted by Crippen LogP contribution is -2.58. The first-order valence-corrected chi connectivity index (χ1v) is 18.0. The van der Waals surface area contributed by atoms with Gasteiger partial charge in [-0.2, -0.15) is 0 Å². The summed E-state index contributed by atoms with van der Waals surface area (Å²) in [6.45, 7) is 11.9. The predicted octanol–water partition coefficient (Wildman–Crippen LogP) is 2.05. The van der Waals surface area contributed by atoms with Crippen molar-refractivity contribution in [1.29, 1.82) is 0 Å². The summed E-state index contributed by atoms with van der Waals surface area (Å²) < 4.78 is 22.3. The van der Waals surface area contributed by atoms with Crippen molar-refractivity contribution in [3.05, 3.63) is 41.0 Å². The molecule has 2 saturated heterocycles. The lowest BCUT2D eigenvalue weighted by molar-refractivity contribution is -0.144. The van der Waals surface area contributed by atoms with E-state index in [0.29, 0.717) is 39.1 Å². The lowest BCUT2D eigenvalue weighted by Gasteiger charge is -2.35. The van der Waals surface area contributed by atoms with Crippen LogP contribution < -0.4 is 16.0 Å². The number of benzene rings is 1. The molecular formula is C35H53N5O8S. The van der Waals surface area contributed by atoms with Gasteiger partial charge in [-0.25, -0.2) is 4.98 Å². The van der Waals surface area contributed by atoms with E-state index >= 15 is 0 Å². The second kappa shape index (κ2) is 19.4. The Bertz CT molecular complexity index is 1330. The third-order valence-corrected chi connectivity index (χ3v) is 9.53. The molecule has 0 unspecified atom stereocenters. The monoisotopic (exact) mass is 703 g/mol. The summed E-state index contributed by atoms with van der Waals surface area (Å²) in [5.74, 6) is -1.24. The molecule has 13 nitrogen and oxygen atoms in total. The zero-order valence-electron chi connectivity index (χ0n) is 29.2. The number of rotatable bonds is 18. The minimum Gasteiger partial charge on any atom is -0.391 e. The normalized spacial score (nSPS) is 19.2. The molecular weight excluding hydrogens is 650 g/mol. The number of aromatic nitrogens is 1. The Labute approximate surface area is 293 Å². The highest BCUT2D eigenvalue weighted by Crippen LogP contribution is 2.28. The highest BCUT2D eigenvalue weighted by molar-refractivity contribution is 7.13. The molecule has 4 N–H and O–H groups in total. The van der Waals surface area contributed by atoms with Crippen LogP contribution in [0.2, 0.25) is 0 Å². The Hall–Kier alpha value is -2.98. The molecule has 272 valence electrons. The number of aliphatic hydroxyl groups excluding tert-OH is 1. The number of amides is 3. The summed E-state index contributed by atoms with van der Waals surface area (Å²) in [6, 6.07) is 6.10. The van der Waals surface area contributed by atoms with Crippen molar-refractivity contribution in [2.24, 2.45) is 5.41 Å². The molecule has 14 heteroatoms. The van der Waals surface area contributed by atoms with Gasteiger partial charge in [0, 0.05) is 19.5 Å². The third-order valence-electron chi connectivity index (χ3n) is 8.56. The topological polar surface area (TPSA) is 161 Å². The van der Waals surface area contributed by atoms with Crippen LogP contribution in [0.4, 0.5) is 0 Å². The number of nitrogens with zero attached hydrogens (tertiary/aromatic N) is 2. The Morgan fingerprint density at radius 3 is 2.31 bits per heavy atom. The fourth-order valence-electron chi connectivity index (χ4n) is 5.82. The van der Waals surface area contributed by atoms with E-state index in [9.17, 15) is 19.5 Å². The van der Waals surface area contributed by atoms with E-state index in [0.717, 1.165) is 47.6 Å². The molecule has 0 aliphatic carbocycles. The van der Waals surface area contributed by atoms with Gasteiger partial charge < -0.3 is 44.9 Å². The number of aliphatic hydroxyl groups is 1. The summed E-state index contributed by atoms with van der Waals surface area (Å²) >= 11 is 1.58. The second-order valence-corrected chi connectivity index (χ2v) is 14.4. The maximum Gasteiger partial charge on any atom is 0.246 e. The molecule has 3 heterocycles. The number of likely N-dealkylation sites (tertiary alicyclic amines) is 1. The van der Waals surface area contributed by atoms with Gasteiger partial charge in [0.25, 0.3) is 0 Å². The number of ether oxygens (including phenoxy) is 4. The number of thiazole rings is 1. The van der Waals surface area contributed by atoms with Gasteiger partial charge >= 0.3 is 0 Å². The third kappa shape index (κ3) is 12.4. The van der Waals surface area contributed by atoms with E-state index < -0.39 is 35.4 Å². The van der Waals surface area contributed by atoms with Gasteiger partial charge in [0.1, 0.15) is 18.7 Å². The quantitative estimate of drug-likeness (QED) is 0.169. The van der Waals surface area contributed by atoms with Crippen LogP contribution >= 0.6 is 11.3 Å². The van der Waals surface area contributed by atoms with Gasteiger partial charge in [0.15, 0.2) is 0 Å². The van der Waals surface area contributed by atoms with Gasteiger partial charge in [-0.1, -0.05) is 45.0 Å². The fourth-order valence-corrected chi connectivity index (χ4v) is 6.64. The van der Waals surface area contributed by atoms with Crippen LogP contribution in [0.5, 0.6) is 0 Å². The summed E-state index contributed by atoms with van der Waals surface area (Å²) in [5, 5.41) is 19.5. The largest absolute Gasteiger partial charge is 0.391 e. The van der Waals surface area contributed by atoms with E-state index in [1.165, 1.54) is 4.90 Å². The van der Waals surface area contributed by atoms with Gasteiger partial charge in [-0.3, -0.25) is 14.4 Å². The summed E-state index contributed by atoms with van der Waals surface area (Å²) in [5.41, 5.74) is 4.09. The van der Waals surface area contributed by atoms with Crippen LogP contribution in [-0.4, -0.2) is 123 Å². The number of carbonyl (C=O) groups is 3. The van der Waals surface area contributed by atoms with E-state index in [1.807, 2.05) is 57.5 Å². The van der Waals surface area contributed by atoms with Crippen molar-refractivity contribution in [2.45, 2.75) is 77.8 Å². The van der Waals surface area contributed by atoms with Crippen molar-refractivity contribution in [3.63, 3.8) is 0 Å². The molecule has 0 saturated carbocycles. The Morgan fingerprint density at radius 1 is 1.02 bits per heavy atom. The van der Waals surface area contributed by atoms with Gasteiger partial charge in [0.05, 0.1) is 67.9 Å². The number of β-amino-alcohol motifs (C(OH)–C–C–N with tert-alkyl or cyclic N) is 1. The maximum absolute atomic E-state index is 13.8. The van der Waals surface area contributed by atoms with Gasteiger partial charge in [-0.05, 0) is 49.4 Å². The van der Waals surface area contributed by atoms with E-state index in [2.05, 4.69) is 20.9 Å². The zero-order valence-corrected chi connectivity index (χ0v) is 30.0. The summed E-state index contributed by atoms with van der Waals surface area (Å²) in [4.78, 5) is 46.7. The summed E-state index contributed by atoms with van der Waals surface area (Å²) in [6.07, 6.45) is 1.64. The first-order valence-electron chi connectivity index (χ1n) is 17.1. The smallest absolute Gasteiger partial charge is 0.246 e. The highest BCUT2D eigenvalue weighted by atomic mass is 32.1. The molecule has 2 aromatic rings. The molecule has 2 fully saturated rings.